The average Bonchev–Trinajstić information content (AvgIpc) is 3.09. The van der Waals surface area contributed by atoms with Gasteiger partial charge in [0.2, 0.25) is 0 Å². The Labute approximate surface area is 137 Å². The van der Waals surface area contributed by atoms with Crippen LogP contribution in [0.3, 0.4) is 0 Å². The Morgan fingerprint density at radius 3 is 2.73 bits per heavy atom. The number of rotatable bonds is 2. The molecule has 0 N–H and O–H groups in total. The molecule has 22 heavy (non-hydrogen) atoms. The van der Waals surface area contributed by atoms with Gasteiger partial charge in [-0.2, -0.15) is 0 Å². The van der Waals surface area contributed by atoms with Gasteiger partial charge in [0.15, 0.2) is 0 Å². The lowest BCUT2D eigenvalue weighted by molar-refractivity contribution is 1.17. The van der Waals surface area contributed by atoms with Crippen LogP contribution in [0.2, 0.25) is 0 Å². The van der Waals surface area contributed by atoms with E-state index < -0.39 is 0 Å². The topological polar surface area (TPSA) is 16.1 Å². The Hall–Kier alpha value is -2.04. The monoisotopic (exact) mass is 322 g/mol. The highest BCUT2D eigenvalue weighted by molar-refractivity contribution is 8.03. The zero-order valence-corrected chi connectivity index (χ0v) is 13.7. The van der Waals surface area contributed by atoms with Gasteiger partial charge >= 0.3 is 0 Å². The Kier molecular flexibility index (Phi) is 3.48. The van der Waals surface area contributed by atoms with E-state index in [1.807, 2.05) is 6.07 Å². The SMILES string of the molecule is CN1C(=CC=Cc2nc3ccccc3s2)Sc2ccccc21. The second kappa shape index (κ2) is 5.63. The van der Waals surface area contributed by atoms with Crippen molar-refractivity contribution in [3.63, 3.8) is 0 Å². The van der Waals surface area contributed by atoms with Crippen LogP contribution in [0.5, 0.6) is 0 Å². The van der Waals surface area contributed by atoms with Crippen molar-refractivity contribution in [2.24, 2.45) is 0 Å². The van der Waals surface area contributed by atoms with Crippen LogP contribution >= 0.6 is 23.1 Å². The van der Waals surface area contributed by atoms with Crippen LogP contribution in [0.4, 0.5) is 5.69 Å². The maximum Gasteiger partial charge on any atom is 0.117 e. The fraction of sp³-hybridized carbons (Fsp3) is 0.0556. The molecule has 1 aromatic heterocycles. The van der Waals surface area contributed by atoms with Crippen molar-refractivity contribution in [3.05, 3.63) is 70.7 Å². The van der Waals surface area contributed by atoms with E-state index in [0.717, 1.165) is 10.5 Å². The molecule has 0 saturated heterocycles. The zero-order valence-electron chi connectivity index (χ0n) is 12.1. The molecule has 3 aromatic rings. The number of hydrogen-bond acceptors (Lipinski definition) is 4. The van der Waals surface area contributed by atoms with Gasteiger partial charge < -0.3 is 4.90 Å². The molecule has 108 valence electrons. The molecule has 0 unspecified atom stereocenters. The molecule has 0 bridgehead atoms. The average molecular weight is 322 g/mol. The molecule has 2 nitrogen and oxygen atoms in total. The first-order chi connectivity index (χ1) is 10.8. The van der Waals surface area contributed by atoms with E-state index in [-0.39, 0.29) is 0 Å². The van der Waals surface area contributed by atoms with Crippen LogP contribution in [0.25, 0.3) is 16.3 Å². The zero-order chi connectivity index (χ0) is 14.9. The van der Waals surface area contributed by atoms with Gasteiger partial charge in [0.05, 0.1) is 20.9 Å². The van der Waals surface area contributed by atoms with E-state index in [4.69, 9.17) is 0 Å². The summed E-state index contributed by atoms with van der Waals surface area (Å²) in [5.41, 5.74) is 2.34. The molecule has 2 heterocycles. The summed E-state index contributed by atoms with van der Waals surface area (Å²) in [7, 11) is 2.11. The highest BCUT2D eigenvalue weighted by Gasteiger charge is 2.20. The molecule has 0 radical (unpaired) electrons. The maximum absolute atomic E-state index is 4.62. The minimum Gasteiger partial charge on any atom is -0.338 e. The lowest BCUT2D eigenvalue weighted by Crippen LogP contribution is -2.08. The third-order valence-corrected chi connectivity index (χ3v) is 5.75. The molecule has 2 aromatic carbocycles. The number of thioether (sulfide) groups is 1. The standard InChI is InChI=1S/C18H14N2S2/c1-20-14-8-3-5-10-16(14)22-18(20)12-6-11-17-19-13-7-2-4-9-15(13)21-17/h2-12H,1H3. The summed E-state index contributed by atoms with van der Waals surface area (Å²) in [5, 5.41) is 2.28. The van der Waals surface area contributed by atoms with Crippen LogP contribution in [0.1, 0.15) is 5.01 Å². The van der Waals surface area contributed by atoms with Crippen molar-refractivity contribution >= 4 is 45.1 Å². The van der Waals surface area contributed by atoms with Gasteiger partial charge in [0.25, 0.3) is 0 Å². The van der Waals surface area contributed by atoms with Gasteiger partial charge in [-0.3, -0.25) is 0 Å². The number of nitrogens with zero attached hydrogens (tertiary/aromatic N) is 2. The summed E-state index contributed by atoms with van der Waals surface area (Å²) in [6.07, 6.45) is 6.31. The normalized spacial score (nSPS) is 16.0. The van der Waals surface area contributed by atoms with Crippen LogP contribution < -0.4 is 4.90 Å². The van der Waals surface area contributed by atoms with Crippen molar-refractivity contribution < 1.29 is 0 Å². The van der Waals surface area contributed by atoms with E-state index in [0.29, 0.717) is 0 Å². The summed E-state index contributed by atoms with van der Waals surface area (Å²) < 4.78 is 1.23. The van der Waals surface area contributed by atoms with E-state index >= 15 is 0 Å². The smallest absolute Gasteiger partial charge is 0.117 e. The summed E-state index contributed by atoms with van der Waals surface area (Å²) >= 11 is 3.52. The van der Waals surface area contributed by atoms with E-state index in [9.17, 15) is 0 Å². The van der Waals surface area contributed by atoms with Crippen molar-refractivity contribution in [3.8, 4) is 0 Å². The molecule has 1 aliphatic heterocycles. The molecule has 1 aliphatic rings. The number of para-hydroxylation sites is 2. The molecule has 0 amide bonds. The molecular weight excluding hydrogens is 308 g/mol. The van der Waals surface area contributed by atoms with E-state index in [1.54, 1.807) is 23.1 Å². The fourth-order valence-corrected chi connectivity index (χ4v) is 4.38. The Morgan fingerprint density at radius 2 is 1.86 bits per heavy atom. The summed E-state index contributed by atoms with van der Waals surface area (Å²) in [5.74, 6) is 0. The second-order valence-corrected chi connectivity index (χ2v) is 7.14. The number of anilines is 1. The van der Waals surface area contributed by atoms with Crippen LogP contribution in [-0.4, -0.2) is 12.0 Å². The highest BCUT2D eigenvalue weighted by Crippen LogP contribution is 2.44. The van der Waals surface area contributed by atoms with Gasteiger partial charge in [0, 0.05) is 11.9 Å². The first-order valence-electron chi connectivity index (χ1n) is 7.06. The van der Waals surface area contributed by atoms with Crippen molar-refractivity contribution in [2.45, 2.75) is 4.90 Å². The van der Waals surface area contributed by atoms with Crippen LogP contribution in [0.15, 0.2) is 70.6 Å². The van der Waals surface area contributed by atoms with Crippen molar-refractivity contribution in [1.82, 2.24) is 4.98 Å². The summed E-state index contributed by atoms with van der Waals surface area (Å²) in [6, 6.07) is 16.7. The molecule has 0 fully saturated rings. The molecule has 0 saturated carbocycles. The molecule has 4 heteroatoms. The number of aromatic nitrogens is 1. The maximum atomic E-state index is 4.62. The number of fused-ring (bicyclic) bond motifs is 2. The van der Waals surface area contributed by atoms with Crippen LogP contribution in [0, 0.1) is 0 Å². The Bertz CT molecular complexity index is 860. The molecule has 4 rings (SSSR count). The van der Waals surface area contributed by atoms with Crippen LogP contribution in [-0.2, 0) is 0 Å². The first kappa shape index (κ1) is 13.6. The largest absolute Gasteiger partial charge is 0.338 e. The molecular formula is C18H14N2S2. The quantitative estimate of drug-likeness (QED) is 0.629. The second-order valence-electron chi connectivity index (χ2n) is 5.01. The minimum absolute atomic E-state index is 1.04. The van der Waals surface area contributed by atoms with Gasteiger partial charge in [-0.15, -0.1) is 11.3 Å². The summed E-state index contributed by atoms with van der Waals surface area (Å²) in [4.78, 5) is 8.15. The Morgan fingerprint density at radius 1 is 1.05 bits per heavy atom. The number of thiazole rings is 1. The van der Waals surface area contributed by atoms with E-state index in [2.05, 4.69) is 77.6 Å². The fourth-order valence-electron chi connectivity index (χ4n) is 2.44. The number of allylic oxidation sites excluding steroid dienone is 2. The third kappa shape index (κ3) is 2.45. The highest BCUT2D eigenvalue weighted by atomic mass is 32.2. The number of hydrogen-bond donors (Lipinski definition) is 0. The van der Waals surface area contributed by atoms with Crippen molar-refractivity contribution in [2.75, 3.05) is 11.9 Å². The van der Waals surface area contributed by atoms with Gasteiger partial charge in [-0.25, -0.2) is 4.98 Å². The summed E-state index contributed by atoms with van der Waals surface area (Å²) in [6.45, 7) is 0. The third-order valence-electron chi connectivity index (χ3n) is 3.56. The van der Waals surface area contributed by atoms with Gasteiger partial charge in [-0.1, -0.05) is 42.1 Å². The predicted molar refractivity (Wildman–Crippen MR) is 97.4 cm³/mol. The number of benzene rings is 2. The molecule has 0 spiro atoms. The minimum atomic E-state index is 1.04. The Balaban J connectivity index is 1.57. The van der Waals surface area contributed by atoms with Gasteiger partial charge in [0.1, 0.15) is 5.01 Å². The van der Waals surface area contributed by atoms with Gasteiger partial charge in [-0.05, 0) is 36.4 Å². The predicted octanol–water partition coefficient (Wildman–Crippen LogP) is 5.39. The molecule has 0 atom stereocenters. The molecule has 0 aliphatic carbocycles. The lowest BCUT2D eigenvalue weighted by Gasteiger charge is -2.12. The van der Waals surface area contributed by atoms with Crippen molar-refractivity contribution in [1.29, 1.82) is 0 Å². The lowest BCUT2D eigenvalue weighted by atomic mass is 10.3. The van der Waals surface area contributed by atoms with E-state index in [1.165, 1.54) is 20.3 Å². The first-order valence-corrected chi connectivity index (χ1v) is 8.69.